The van der Waals surface area contributed by atoms with Gasteiger partial charge in [-0.3, -0.25) is 14.4 Å². The maximum absolute atomic E-state index is 11.6. The van der Waals surface area contributed by atoms with Crippen LogP contribution >= 0.6 is 0 Å². The molecule has 1 fully saturated rings. The monoisotopic (exact) mass is 209 g/mol. The van der Waals surface area contributed by atoms with E-state index in [1.54, 1.807) is 6.92 Å². The van der Waals surface area contributed by atoms with Crippen LogP contribution in [0.1, 0.15) is 20.8 Å². The van der Waals surface area contributed by atoms with Crippen molar-refractivity contribution < 1.29 is 19.5 Å². The summed E-state index contributed by atoms with van der Waals surface area (Å²) in [4.78, 5) is 35.1. The van der Waals surface area contributed by atoms with Gasteiger partial charge in [-0.2, -0.15) is 0 Å². The molecule has 0 saturated carbocycles. The van der Waals surface area contributed by atoms with Crippen LogP contribution in [0.3, 0.4) is 0 Å². The van der Waals surface area contributed by atoms with E-state index in [9.17, 15) is 19.5 Å². The number of nitrogens with zero attached hydrogens (tertiary/aromatic N) is 1. The Hall–Kier alpha value is -1.91. The number of rotatable bonds is 0. The van der Waals surface area contributed by atoms with E-state index >= 15 is 0 Å². The van der Waals surface area contributed by atoms with Crippen LogP contribution < -0.4 is 0 Å². The molecule has 0 radical (unpaired) electrons. The van der Waals surface area contributed by atoms with Crippen molar-refractivity contribution in [2.24, 2.45) is 0 Å². The van der Waals surface area contributed by atoms with Crippen molar-refractivity contribution in [3.63, 3.8) is 0 Å². The highest BCUT2D eigenvalue weighted by Gasteiger charge is 2.42. The van der Waals surface area contributed by atoms with Crippen LogP contribution in [0.15, 0.2) is 23.1 Å². The number of aliphatic hydroxyl groups is 1. The van der Waals surface area contributed by atoms with Gasteiger partial charge in [0.25, 0.3) is 5.91 Å². The van der Waals surface area contributed by atoms with Crippen molar-refractivity contribution in [1.29, 1.82) is 0 Å². The average Bonchev–Trinajstić information content (AvgIpc) is 2.36. The third kappa shape index (κ3) is 1.56. The van der Waals surface area contributed by atoms with Crippen molar-refractivity contribution in [3.8, 4) is 0 Å². The fourth-order valence-electron chi connectivity index (χ4n) is 1.44. The van der Waals surface area contributed by atoms with Crippen molar-refractivity contribution in [1.82, 2.24) is 4.90 Å². The van der Waals surface area contributed by atoms with E-state index in [1.807, 2.05) is 0 Å². The molecule has 0 aliphatic carbocycles. The molecule has 0 atom stereocenters. The van der Waals surface area contributed by atoms with E-state index in [2.05, 4.69) is 0 Å². The van der Waals surface area contributed by atoms with Gasteiger partial charge in [-0.15, -0.1) is 0 Å². The molecule has 1 N–H and O–H groups in total. The lowest BCUT2D eigenvalue weighted by molar-refractivity contribution is -0.137. The molecule has 0 aromatic heterocycles. The first-order chi connectivity index (χ1) is 6.91. The van der Waals surface area contributed by atoms with E-state index in [1.165, 1.54) is 19.9 Å². The Morgan fingerprint density at radius 1 is 1.33 bits per heavy atom. The molecule has 2 amide bonds. The van der Waals surface area contributed by atoms with Crippen LogP contribution in [0.2, 0.25) is 0 Å². The molecule has 0 unspecified atom stereocenters. The topological polar surface area (TPSA) is 74.7 Å². The summed E-state index contributed by atoms with van der Waals surface area (Å²) in [6, 6.07) is 0. The van der Waals surface area contributed by atoms with E-state index in [4.69, 9.17) is 0 Å². The highest BCUT2D eigenvalue weighted by atomic mass is 16.3. The second kappa shape index (κ2) is 3.68. The van der Waals surface area contributed by atoms with Crippen LogP contribution in [0, 0.1) is 0 Å². The minimum Gasteiger partial charge on any atom is -0.512 e. The van der Waals surface area contributed by atoms with Gasteiger partial charge in [-0.05, 0) is 13.8 Å². The van der Waals surface area contributed by atoms with Gasteiger partial charge in [0.15, 0.2) is 0 Å². The predicted molar refractivity (Wildman–Crippen MR) is 51.6 cm³/mol. The molecule has 5 nitrogen and oxygen atoms in total. The summed E-state index contributed by atoms with van der Waals surface area (Å²) >= 11 is 0. The van der Waals surface area contributed by atoms with Crippen molar-refractivity contribution in [2.75, 3.05) is 0 Å². The van der Waals surface area contributed by atoms with E-state index in [0.29, 0.717) is 0 Å². The number of carbonyl (C=O) groups is 3. The summed E-state index contributed by atoms with van der Waals surface area (Å²) < 4.78 is 0. The maximum Gasteiger partial charge on any atom is 0.272 e. The number of ketones is 1. The van der Waals surface area contributed by atoms with E-state index < -0.39 is 17.6 Å². The first-order valence-corrected chi connectivity index (χ1v) is 4.37. The van der Waals surface area contributed by atoms with Crippen LogP contribution in [0.5, 0.6) is 0 Å². The maximum atomic E-state index is 11.6. The Morgan fingerprint density at radius 3 is 2.13 bits per heavy atom. The minimum absolute atomic E-state index is 0.00380. The van der Waals surface area contributed by atoms with Gasteiger partial charge in [0.05, 0.1) is 5.70 Å². The zero-order valence-electron chi connectivity index (χ0n) is 8.70. The van der Waals surface area contributed by atoms with Crippen LogP contribution in [-0.2, 0) is 14.4 Å². The SMILES string of the molecule is C/C=C1\C(=O)/C(=C(\C)O)C(=O)N1C(C)=O. The van der Waals surface area contributed by atoms with Gasteiger partial charge in [0.2, 0.25) is 11.7 Å². The fraction of sp³-hybridized carbons (Fsp3) is 0.300. The largest absolute Gasteiger partial charge is 0.512 e. The molecular formula is C10H11NO4. The van der Waals surface area contributed by atoms with Gasteiger partial charge in [0, 0.05) is 6.92 Å². The Bertz CT molecular complexity index is 413. The summed E-state index contributed by atoms with van der Waals surface area (Å²) in [6.07, 6.45) is 1.37. The zero-order valence-corrected chi connectivity index (χ0v) is 8.70. The highest BCUT2D eigenvalue weighted by Crippen LogP contribution is 2.25. The highest BCUT2D eigenvalue weighted by molar-refractivity contribution is 6.35. The predicted octanol–water partition coefficient (Wildman–Crippen LogP) is 0.680. The first kappa shape index (κ1) is 11.2. The normalized spacial score (nSPS) is 22.6. The molecule has 5 heteroatoms. The lowest BCUT2D eigenvalue weighted by Crippen LogP contribution is -2.29. The number of imide groups is 1. The number of hydrogen-bond donors (Lipinski definition) is 1. The second-order valence-corrected chi connectivity index (χ2v) is 3.12. The molecule has 0 bridgehead atoms. The van der Waals surface area contributed by atoms with Gasteiger partial charge >= 0.3 is 0 Å². The Labute approximate surface area is 86.7 Å². The third-order valence-electron chi connectivity index (χ3n) is 2.07. The van der Waals surface area contributed by atoms with Crippen molar-refractivity contribution >= 4 is 17.6 Å². The van der Waals surface area contributed by atoms with Gasteiger partial charge < -0.3 is 5.11 Å². The molecule has 0 aromatic carbocycles. The molecule has 0 aromatic rings. The first-order valence-electron chi connectivity index (χ1n) is 4.37. The lowest BCUT2D eigenvalue weighted by Gasteiger charge is -2.10. The molecule has 1 rings (SSSR count). The minimum atomic E-state index is -0.763. The number of hydrogen-bond acceptors (Lipinski definition) is 4. The molecule has 1 heterocycles. The molecular weight excluding hydrogens is 198 g/mol. The second-order valence-electron chi connectivity index (χ2n) is 3.12. The molecule has 0 spiro atoms. The third-order valence-corrected chi connectivity index (χ3v) is 2.07. The summed E-state index contributed by atoms with van der Waals surface area (Å²) in [5, 5.41) is 9.18. The number of carbonyl (C=O) groups excluding carboxylic acids is 3. The number of aliphatic hydroxyl groups excluding tert-OH is 1. The molecule has 1 aliphatic rings. The zero-order chi connectivity index (χ0) is 11.7. The summed E-state index contributed by atoms with van der Waals surface area (Å²) in [5.41, 5.74) is -0.339. The quantitative estimate of drug-likeness (QED) is 0.361. The summed E-state index contributed by atoms with van der Waals surface area (Å²) in [6.45, 7) is 3.97. The lowest BCUT2D eigenvalue weighted by atomic mass is 10.1. The van der Waals surface area contributed by atoms with Gasteiger partial charge in [-0.1, -0.05) is 6.08 Å². The van der Waals surface area contributed by atoms with Crippen LogP contribution in [0.25, 0.3) is 0 Å². The molecule has 15 heavy (non-hydrogen) atoms. The summed E-state index contributed by atoms with van der Waals surface area (Å²) in [7, 11) is 0. The van der Waals surface area contributed by atoms with Crippen molar-refractivity contribution in [3.05, 3.63) is 23.1 Å². The Morgan fingerprint density at radius 2 is 1.87 bits per heavy atom. The number of amides is 2. The fourth-order valence-corrected chi connectivity index (χ4v) is 1.44. The van der Waals surface area contributed by atoms with E-state index in [0.717, 1.165) is 4.90 Å². The molecule has 1 saturated heterocycles. The Kier molecular flexibility index (Phi) is 2.74. The van der Waals surface area contributed by atoms with Crippen LogP contribution in [-0.4, -0.2) is 27.6 Å². The van der Waals surface area contributed by atoms with E-state index in [-0.39, 0.29) is 17.0 Å². The number of allylic oxidation sites excluding steroid dienone is 3. The molecule has 80 valence electrons. The molecule has 1 aliphatic heterocycles. The van der Waals surface area contributed by atoms with Crippen LogP contribution in [0.4, 0.5) is 0 Å². The van der Waals surface area contributed by atoms with Gasteiger partial charge in [0.1, 0.15) is 11.3 Å². The standard InChI is InChI=1S/C10H11NO4/c1-4-7-9(14)8(5(2)12)10(15)11(7)6(3)13/h4,12H,1-3H3/b7-4+,8-5-. The summed E-state index contributed by atoms with van der Waals surface area (Å²) in [5.74, 6) is -2.29. The number of likely N-dealkylation sites (tertiary alicyclic amines) is 1. The Balaban J connectivity index is 3.39. The smallest absolute Gasteiger partial charge is 0.272 e. The van der Waals surface area contributed by atoms with Gasteiger partial charge in [-0.25, -0.2) is 4.90 Å². The average molecular weight is 209 g/mol. The number of Topliss-reactive ketones (excluding diaryl/α,β-unsaturated/α-hetero) is 1. The van der Waals surface area contributed by atoms with Crippen molar-refractivity contribution in [2.45, 2.75) is 20.8 Å².